The number of para-hydroxylation sites is 1. The number of benzene rings is 2. The number of carbonyl (C=O) groups is 2. The third kappa shape index (κ3) is 6.42. The van der Waals surface area contributed by atoms with Crippen molar-refractivity contribution in [3.63, 3.8) is 0 Å². The van der Waals surface area contributed by atoms with Crippen molar-refractivity contribution < 1.29 is 28.5 Å². The van der Waals surface area contributed by atoms with Crippen molar-refractivity contribution in [2.24, 2.45) is 0 Å². The van der Waals surface area contributed by atoms with Gasteiger partial charge in [-0.2, -0.15) is 9.97 Å². The van der Waals surface area contributed by atoms with Crippen molar-refractivity contribution in [3.8, 4) is 23.5 Å². The molecule has 3 aromatic rings. The van der Waals surface area contributed by atoms with E-state index in [1.165, 1.54) is 20.3 Å². The maximum atomic E-state index is 13.1. The number of methoxy groups -OCH3 is 2. The summed E-state index contributed by atoms with van der Waals surface area (Å²) in [6.45, 7) is 1.92. The Hall–Kier alpha value is -4.14. The van der Waals surface area contributed by atoms with Gasteiger partial charge in [-0.3, -0.25) is 4.79 Å². The van der Waals surface area contributed by atoms with Crippen molar-refractivity contribution >= 4 is 11.9 Å². The zero-order valence-electron chi connectivity index (χ0n) is 18.6. The van der Waals surface area contributed by atoms with Gasteiger partial charge in [0.25, 0.3) is 5.91 Å². The Morgan fingerprint density at radius 3 is 2.21 bits per heavy atom. The molecule has 0 aliphatic rings. The highest BCUT2D eigenvalue weighted by molar-refractivity contribution is 5.99. The third-order valence-electron chi connectivity index (χ3n) is 4.57. The average molecular weight is 451 g/mol. The van der Waals surface area contributed by atoms with E-state index in [2.05, 4.69) is 15.3 Å². The number of ether oxygens (including phenoxy) is 4. The van der Waals surface area contributed by atoms with Crippen LogP contribution in [0, 0.1) is 0 Å². The van der Waals surface area contributed by atoms with E-state index in [0.29, 0.717) is 0 Å². The minimum absolute atomic E-state index is 0.0577. The fourth-order valence-corrected chi connectivity index (χ4v) is 3.00. The van der Waals surface area contributed by atoms with E-state index in [-0.39, 0.29) is 42.1 Å². The largest absolute Gasteiger partial charge is 0.481 e. The Morgan fingerprint density at radius 2 is 1.58 bits per heavy atom. The number of hydrogen-bond acceptors (Lipinski definition) is 8. The first kappa shape index (κ1) is 23.5. The van der Waals surface area contributed by atoms with Crippen LogP contribution in [0.3, 0.4) is 0 Å². The Kier molecular flexibility index (Phi) is 8.18. The van der Waals surface area contributed by atoms with E-state index >= 15 is 0 Å². The van der Waals surface area contributed by atoms with Crippen LogP contribution in [0.15, 0.2) is 60.7 Å². The summed E-state index contributed by atoms with van der Waals surface area (Å²) in [7, 11) is 2.91. The van der Waals surface area contributed by atoms with Crippen molar-refractivity contribution in [1.29, 1.82) is 0 Å². The SMILES string of the molecule is CCOC(=O)[C@H](Cc1ccccc1)NC(=O)c1ccccc1Oc1nc(OC)cc(OC)n1. The fraction of sp³-hybridized carbons (Fsp3) is 0.250. The van der Waals surface area contributed by atoms with E-state index in [1.54, 1.807) is 31.2 Å². The number of carbonyl (C=O) groups excluding carboxylic acids is 2. The highest BCUT2D eigenvalue weighted by atomic mass is 16.5. The molecular formula is C24H25N3O6. The summed E-state index contributed by atoms with van der Waals surface area (Å²) in [5.74, 6) is -0.343. The summed E-state index contributed by atoms with van der Waals surface area (Å²) < 4.78 is 21.2. The fourth-order valence-electron chi connectivity index (χ4n) is 3.00. The van der Waals surface area contributed by atoms with Gasteiger partial charge in [-0.1, -0.05) is 42.5 Å². The molecule has 0 saturated carbocycles. The summed E-state index contributed by atoms with van der Waals surface area (Å²) in [5, 5.41) is 2.75. The van der Waals surface area contributed by atoms with Gasteiger partial charge in [-0.15, -0.1) is 0 Å². The predicted octanol–water partition coefficient (Wildman–Crippen LogP) is 3.19. The summed E-state index contributed by atoms with van der Waals surface area (Å²) in [5.41, 5.74) is 1.09. The number of aromatic nitrogens is 2. The van der Waals surface area contributed by atoms with Crippen molar-refractivity contribution in [2.75, 3.05) is 20.8 Å². The van der Waals surface area contributed by atoms with Crippen LogP contribution in [0.25, 0.3) is 0 Å². The smallest absolute Gasteiger partial charge is 0.328 e. The standard InChI is InChI=1S/C24H25N3O6/c1-4-32-23(29)18(14-16-10-6-5-7-11-16)25-22(28)17-12-8-9-13-19(17)33-24-26-20(30-2)15-21(27-24)31-3/h5-13,15,18H,4,14H2,1-3H3,(H,25,28)/t18-/m0/s1. The number of hydrogen-bond donors (Lipinski definition) is 1. The molecule has 0 radical (unpaired) electrons. The topological polar surface area (TPSA) is 109 Å². The average Bonchev–Trinajstić information content (AvgIpc) is 2.84. The molecule has 3 rings (SSSR count). The van der Waals surface area contributed by atoms with E-state index in [4.69, 9.17) is 18.9 Å². The molecule has 9 nitrogen and oxygen atoms in total. The first-order valence-corrected chi connectivity index (χ1v) is 10.3. The van der Waals surface area contributed by atoms with Crippen LogP contribution in [0.1, 0.15) is 22.8 Å². The molecule has 0 bridgehead atoms. The first-order chi connectivity index (χ1) is 16.0. The molecular weight excluding hydrogens is 426 g/mol. The molecule has 0 fully saturated rings. The van der Waals surface area contributed by atoms with Crippen molar-refractivity contribution in [1.82, 2.24) is 15.3 Å². The van der Waals surface area contributed by atoms with E-state index < -0.39 is 17.9 Å². The van der Waals surface area contributed by atoms with Crippen LogP contribution >= 0.6 is 0 Å². The highest BCUT2D eigenvalue weighted by Crippen LogP contribution is 2.26. The second-order valence-corrected chi connectivity index (χ2v) is 6.80. The lowest BCUT2D eigenvalue weighted by molar-refractivity contribution is -0.145. The molecule has 1 atom stereocenters. The maximum absolute atomic E-state index is 13.1. The summed E-state index contributed by atoms with van der Waals surface area (Å²) >= 11 is 0. The molecule has 33 heavy (non-hydrogen) atoms. The quantitative estimate of drug-likeness (QED) is 0.468. The molecule has 1 aromatic heterocycles. The minimum atomic E-state index is -0.874. The van der Waals surface area contributed by atoms with E-state index in [9.17, 15) is 9.59 Å². The molecule has 9 heteroatoms. The monoisotopic (exact) mass is 451 g/mol. The van der Waals surface area contributed by atoms with Crippen LogP contribution in [0.4, 0.5) is 0 Å². The maximum Gasteiger partial charge on any atom is 0.328 e. The van der Waals surface area contributed by atoms with Crippen LogP contribution in [0.2, 0.25) is 0 Å². The summed E-state index contributed by atoms with van der Waals surface area (Å²) in [6, 6.07) is 16.5. The van der Waals surface area contributed by atoms with Crippen molar-refractivity contribution in [3.05, 3.63) is 71.8 Å². The van der Waals surface area contributed by atoms with Gasteiger partial charge in [0, 0.05) is 6.42 Å². The molecule has 1 heterocycles. The second-order valence-electron chi connectivity index (χ2n) is 6.80. The number of nitrogens with zero attached hydrogens (tertiary/aromatic N) is 2. The van der Waals surface area contributed by atoms with E-state index in [0.717, 1.165) is 5.56 Å². The summed E-state index contributed by atoms with van der Waals surface area (Å²) in [4.78, 5) is 33.9. The zero-order chi connectivity index (χ0) is 23.6. The van der Waals surface area contributed by atoms with Gasteiger partial charge in [0.1, 0.15) is 11.8 Å². The van der Waals surface area contributed by atoms with Crippen LogP contribution < -0.4 is 19.5 Å². The van der Waals surface area contributed by atoms with Gasteiger partial charge < -0.3 is 24.3 Å². The molecule has 0 aliphatic carbocycles. The highest BCUT2D eigenvalue weighted by Gasteiger charge is 2.25. The molecule has 0 unspecified atom stereocenters. The number of esters is 1. The lowest BCUT2D eigenvalue weighted by Gasteiger charge is -2.18. The van der Waals surface area contributed by atoms with Crippen molar-refractivity contribution in [2.45, 2.75) is 19.4 Å². The van der Waals surface area contributed by atoms with Gasteiger partial charge in [0.2, 0.25) is 11.8 Å². The Balaban J connectivity index is 1.84. The number of nitrogens with one attached hydrogen (secondary N) is 1. The van der Waals surface area contributed by atoms with Crippen LogP contribution in [-0.2, 0) is 16.0 Å². The van der Waals surface area contributed by atoms with Gasteiger partial charge in [-0.25, -0.2) is 4.79 Å². The van der Waals surface area contributed by atoms with Gasteiger partial charge in [-0.05, 0) is 24.6 Å². The normalized spacial score (nSPS) is 11.2. The summed E-state index contributed by atoms with van der Waals surface area (Å²) in [6.07, 6.45) is 0.282. The van der Waals surface area contributed by atoms with Gasteiger partial charge in [0.05, 0.1) is 32.5 Å². The molecule has 0 aliphatic heterocycles. The molecule has 2 aromatic carbocycles. The first-order valence-electron chi connectivity index (χ1n) is 10.3. The molecule has 0 saturated heterocycles. The molecule has 1 amide bonds. The second kappa shape index (κ2) is 11.5. The van der Waals surface area contributed by atoms with Gasteiger partial charge in [0.15, 0.2) is 0 Å². The molecule has 1 N–H and O–H groups in total. The predicted molar refractivity (Wildman–Crippen MR) is 120 cm³/mol. The lowest BCUT2D eigenvalue weighted by atomic mass is 10.1. The Labute approximate surface area is 191 Å². The van der Waals surface area contributed by atoms with E-state index in [1.807, 2.05) is 30.3 Å². The lowest BCUT2D eigenvalue weighted by Crippen LogP contribution is -2.43. The minimum Gasteiger partial charge on any atom is -0.481 e. The molecule has 0 spiro atoms. The van der Waals surface area contributed by atoms with Gasteiger partial charge >= 0.3 is 12.0 Å². The Morgan fingerprint density at radius 1 is 0.939 bits per heavy atom. The zero-order valence-corrected chi connectivity index (χ0v) is 18.6. The number of rotatable bonds is 10. The molecule has 172 valence electrons. The number of amides is 1. The van der Waals surface area contributed by atoms with Crippen LogP contribution in [0.5, 0.6) is 23.5 Å². The Bertz CT molecular complexity index is 1070. The third-order valence-corrected chi connectivity index (χ3v) is 4.57. The van der Waals surface area contributed by atoms with Crippen LogP contribution in [-0.4, -0.2) is 48.7 Å².